The van der Waals surface area contributed by atoms with Crippen molar-refractivity contribution in [3.8, 4) is 17.5 Å². The highest BCUT2D eigenvalue weighted by molar-refractivity contribution is 6.24. The van der Waals surface area contributed by atoms with E-state index in [0.29, 0.717) is 16.8 Å². The summed E-state index contributed by atoms with van der Waals surface area (Å²) in [7, 11) is 3.14. The number of primary amides is 1. The third-order valence-corrected chi connectivity index (χ3v) is 7.68. The van der Waals surface area contributed by atoms with Crippen LogP contribution in [0.5, 0.6) is 5.75 Å². The van der Waals surface area contributed by atoms with E-state index in [4.69, 9.17) is 5.73 Å². The molecule has 0 saturated heterocycles. The number of hydrogen-bond donors (Lipinski definition) is 5. The van der Waals surface area contributed by atoms with Gasteiger partial charge in [-0.05, 0) is 56.6 Å². The first-order valence-electron chi connectivity index (χ1n) is 11.5. The predicted octanol–water partition coefficient (Wildman–Crippen LogP) is 0.783. The number of carbonyl (C=O) groups is 3. The number of allylic oxidation sites excluding steroid dienone is 1. The number of nitrogens with zero attached hydrogens (tertiary/aromatic N) is 3. The molecule has 0 bridgehead atoms. The van der Waals surface area contributed by atoms with Gasteiger partial charge in [-0.25, -0.2) is 0 Å². The molecule has 1 aromatic carbocycles. The van der Waals surface area contributed by atoms with Gasteiger partial charge in [0.2, 0.25) is 5.78 Å². The number of fused-ring (bicyclic) bond motifs is 3. The molecule has 0 aliphatic heterocycles. The molecule has 11 nitrogen and oxygen atoms in total. The van der Waals surface area contributed by atoms with Gasteiger partial charge in [-0.2, -0.15) is 5.26 Å². The molecule has 4 atom stereocenters. The van der Waals surface area contributed by atoms with Gasteiger partial charge in [0.25, 0.3) is 5.91 Å². The molecular weight excluding hydrogens is 480 g/mol. The summed E-state index contributed by atoms with van der Waals surface area (Å²) in [5, 5.41) is 53.6. The summed E-state index contributed by atoms with van der Waals surface area (Å²) < 4.78 is 1.65. The Morgan fingerprint density at radius 1 is 1.22 bits per heavy atom. The molecule has 0 saturated carbocycles. The number of Topliss-reactive ketones (excluding diaryl/α,β-unsaturated/α-hetero) is 2. The van der Waals surface area contributed by atoms with Gasteiger partial charge in [-0.1, -0.05) is 0 Å². The molecule has 37 heavy (non-hydrogen) atoms. The van der Waals surface area contributed by atoms with E-state index in [9.17, 15) is 40.1 Å². The van der Waals surface area contributed by atoms with Gasteiger partial charge in [0, 0.05) is 29.6 Å². The van der Waals surface area contributed by atoms with Crippen molar-refractivity contribution in [2.75, 3.05) is 14.1 Å². The topological polar surface area (TPSA) is 190 Å². The summed E-state index contributed by atoms with van der Waals surface area (Å²) in [5.74, 6) is -6.98. The van der Waals surface area contributed by atoms with Crippen molar-refractivity contribution < 1.29 is 34.8 Å². The van der Waals surface area contributed by atoms with E-state index in [1.807, 2.05) is 6.07 Å². The molecule has 2 aromatic rings. The van der Waals surface area contributed by atoms with E-state index in [1.165, 1.54) is 11.0 Å². The lowest BCUT2D eigenvalue weighted by Crippen LogP contribution is -2.63. The molecular formula is C26H24N4O7. The zero-order chi connectivity index (χ0) is 27.0. The second-order valence-electron chi connectivity index (χ2n) is 9.84. The van der Waals surface area contributed by atoms with Gasteiger partial charge in [0.15, 0.2) is 11.4 Å². The number of aromatic nitrogens is 1. The number of phenolic OH excluding ortho intramolecular Hbond substituents is 1. The van der Waals surface area contributed by atoms with E-state index in [2.05, 4.69) is 0 Å². The Labute approximate surface area is 211 Å². The fraction of sp³-hybridized carbons (Fsp3) is 0.308. The number of aliphatic hydroxyl groups excluding tert-OH is 2. The van der Waals surface area contributed by atoms with Crippen LogP contribution in [0.3, 0.4) is 0 Å². The van der Waals surface area contributed by atoms with Crippen molar-refractivity contribution in [2.24, 2.45) is 17.6 Å². The third-order valence-electron chi connectivity index (χ3n) is 7.68. The lowest BCUT2D eigenvalue weighted by Gasteiger charge is -2.50. The highest BCUT2D eigenvalue weighted by Crippen LogP contribution is 2.52. The van der Waals surface area contributed by atoms with Crippen LogP contribution in [0.2, 0.25) is 0 Å². The predicted molar refractivity (Wildman–Crippen MR) is 128 cm³/mol. The van der Waals surface area contributed by atoms with E-state index < -0.39 is 58.0 Å². The van der Waals surface area contributed by atoms with Gasteiger partial charge >= 0.3 is 0 Å². The molecule has 5 rings (SSSR count). The summed E-state index contributed by atoms with van der Waals surface area (Å²) in [6, 6.07) is 5.50. The number of benzene rings is 1. The summed E-state index contributed by atoms with van der Waals surface area (Å²) in [6.45, 7) is 0. The quantitative estimate of drug-likeness (QED) is 0.376. The van der Waals surface area contributed by atoms with E-state index in [-0.39, 0.29) is 29.7 Å². The standard InChI is InChI=1S/C26H24N4O7/c1-29(2)20-14-8-12-7-13-15(30-6-5-11(9-27)10-30)3-4-16(31)18(13)21(32)17(12)23(34)26(14,37)24(35)19(22(20)33)25(28)36/h3-6,10,12,14,20,31,33-34,37H,7-8H2,1-2H3,(H2,28,36)/t12-,14-,20-,26-/m0/s1. The number of hydrogen-bond acceptors (Lipinski definition) is 9. The molecule has 1 aromatic heterocycles. The smallest absolute Gasteiger partial charge is 0.255 e. The highest BCUT2D eigenvalue weighted by Gasteiger charge is 2.63. The average molecular weight is 504 g/mol. The van der Waals surface area contributed by atoms with Crippen LogP contribution < -0.4 is 5.73 Å². The summed E-state index contributed by atoms with van der Waals surface area (Å²) in [4.78, 5) is 40.6. The Balaban J connectivity index is 1.72. The van der Waals surface area contributed by atoms with Crippen LogP contribution in [0, 0.1) is 23.2 Å². The van der Waals surface area contributed by atoms with Crippen molar-refractivity contribution in [1.29, 1.82) is 5.26 Å². The zero-order valence-electron chi connectivity index (χ0n) is 20.0. The fourth-order valence-corrected chi connectivity index (χ4v) is 6.09. The fourth-order valence-electron chi connectivity index (χ4n) is 6.09. The normalized spacial score (nSPS) is 27.1. The number of carbonyl (C=O) groups excluding carboxylic acids is 3. The van der Waals surface area contributed by atoms with Crippen LogP contribution >= 0.6 is 0 Å². The number of ketones is 2. The maximum absolute atomic E-state index is 13.7. The number of aromatic hydroxyl groups is 1. The van der Waals surface area contributed by atoms with E-state index >= 15 is 0 Å². The summed E-state index contributed by atoms with van der Waals surface area (Å²) in [5.41, 5.74) is 2.90. The Morgan fingerprint density at radius 3 is 2.51 bits per heavy atom. The van der Waals surface area contributed by atoms with Gasteiger partial charge in [-0.3, -0.25) is 19.3 Å². The average Bonchev–Trinajstić information content (AvgIpc) is 3.30. The lowest BCUT2D eigenvalue weighted by atomic mass is 9.58. The highest BCUT2D eigenvalue weighted by atomic mass is 16.3. The number of phenols is 1. The molecule has 0 spiro atoms. The van der Waals surface area contributed by atoms with Gasteiger partial charge in [0.05, 0.1) is 17.2 Å². The minimum Gasteiger partial charge on any atom is -0.510 e. The zero-order valence-corrected chi connectivity index (χ0v) is 20.0. The van der Waals surface area contributed by atoms with E-state index in [1.54, 1.807) is 43.2 Å². The largest absolute Gasteiger partial charge is 0.510 e. The number of likely N-dealkylation sites (N-methyl/N-ethyl adjacent to an activating group) is 1. The molecule has 11 heteroatoms. The number of nitriles is 1. The van der Waals surface area contributed by atoms with Gasteiger partial charge in [-0.15, -0.1) is 0 Å². The number of aliphatic hydroxyl groups is 3. The van der Waals surface area contributed by atoms with Gasteiger partial charge in [0.1, 0.15) is 28.9 Å². The molecule has 190 valence electrons. The molecule has 0 fully saturated rings. The summed E-state index contributed by atoms with van der Waals surface area (Å²) in [6.07, 6.45) is 3.37. The number of nitrogens with two attached hydrogens (primary N) is 1. The SMILES string of the molecule is CN(C)[C@@H]1C(O)=C(C(N)=O)C(=O)[C@@]2(O)C(O)=C3C(=O)c4c(O)ccc(-n5ccc(C#N)c5)c4C[C@H]3C[C@@H]12. The van der Waals surface area contributed by atoms with Crippen molar-refractivity contribution in [2.45, 2.75) is 24.5 Å². The van der Waals surface area contributed by atoms with E-state index in [0.717, 1.165) is 0 Å². The maximum atomic E-state index is 13.7. The van der Waals surface area contributed by atoms with Crippen LogP contribution in [-0.4, -0.2) is 73.1 Å². The van der Waals surface area contributed by atoms with Crippen molar-refractivity contribution in [3.63, 3.8) is 0 Å². The second kappa shape index (κ2) is 8.06. The molecule has 3 aliphatic carbocycles. The minimum atomic E-state index is -2.68. The van der Waals surface area contributed by atoms with Crippen molar-refractivity contribution in [1.82, 2.24) is 9.47 Å². The van der Waals surface area contributed by atoms with Crippen molar-refractivity contribution >= 4 is 17.5 Å². The Morgan fingerprint density at radius 2 is 1.92 bits per heavy atom. The molecule has 1 heterocycles. The first kappa shape index (κ1) is 24.3. The second-order valence-corrected chi connectivity index (χ2v) is 9.84. The monoisotopic (exact) mass is 504 g/mol. The van der Waals surface area contributed by atoms with Crippen LogP contribution in [0.1, 0.15) is 27.9 Å². The van der Waals surface area contributed by atoms with Crippen LogP contribution in [0.25, 0.3) is 5.69 Å². The van der Waals surface area contributed by atoms with Crippen LogP contribution in [-0.2, 0) is 16.0 Å². The first-order chi connectivity index (χ1) is 17.4. The lowest BCUT2D eigenvalue weighted by molar-refractivity contribution is -0.148. The Bertz CT molecular complexity index is 1510. The maximum Gasteiger partial charge on any atom is 0.255 e. The molecule has 0 radical (unpaired) electrons. The molecule has 3 aliphatic rings. The number of amides is 1. The minimum absolute atomic E-state index is 0.00399. The molecule has 1 amide bonds. The van der Waals surface area contributed by atoms with Crippen LogP contribution in [0.15, 0.2) is 53.3 Å². The van der Waals surface area contributed by atoms with Gasteiger partial charge < -0.3 is 30.7 Å². The van der Waals surface area contributed by atoms with Crippen molar-refractivity contribution in [3.05, 3.63) is 69.9 Å². The third kappa shape index (κ3) is 3.16. The first-order valence-corrected chi connectivity index (χ1v) is 11.5. The Hall–Kier alpha value is -4.40. The number of rotatable bonds is 3. The molecule has 6 N–H and O–H groups in total. The van der Waals surface area contributed by atoms with Crippen LogP contribution in [0.4, 0.5) is 0 Å². The summed E-state index contributed by atoms with van der Waals surface area (Å²) >= 11 is 0. The molecule has 0 unspecified atom stereocenters. The Kier molecular flexibility index (Phi) is 5.29.